The zero-order chi connectivity index (χ0) is 21.1. The van der Waals surface area contributed by atoms with E-state index in [-0.39, 0.29) is 41.9 Å². The van der Waals surface area contributed by atoms with Crippen molar-refractivity contribution in [2.75, 3.05) is 44.2 Å². The van der Waals surface area contributed by atoms with Crippen molar-refractivity contribution < 1.29 is 22.4 Å². The molecule has 166 valence electrons. The third-order valence-electron chi connectivity index (χ3n) is 6.61. The van der Waals surface area contributed by atoms with E-state index in [4.69, 9.17) is 4.42 Å². The zero-order valence-electron chi connectivity index (χ0n) is 17.4. The monoisotopic (exact) mass is 437 g/mol. The van der Waals surface area contributed by atoms with Crippen molar-refractivity contribution in [1.29, 1.82) is 0 Å². The number of hydrogen-bond donors (Lipinski definition) is 0. The minimum Gasteiger partial charge on any atom is -0.459 e. The molecule has 2 amide bonds. The fourth-order valence-corrected chi connectivity index (χ4v) is 6.71. The molecular weight excluding hydrogens is 406 g/mol. The summed E-state index contributed by atoms with van der Waals surface area (Å²) in [4.78, 5) is 31.5. The Morgan fingerprint density at radius 1 is 1.03 bits per heavy atom. The van der Waals surface area contributed by atoms with Crippen molar-refractivity contribution in [1.82, 2.24) is 14.7 Å². The summed E-state index contributed by atoms with van der Waals surface area (Å²) in [6.07, 6.45) is 7.36. The lowest BCUT2D eigenvalue weighted by Gasteiger charge is -2.40. The van der Waals surface area contributed by atoms with E-state index in [9.17, 15) is 18.0 Å². The van der Waals surface area contributed by atoms with Gasteiger partial charge in [0.25, 0.3) is 5.91 Å². The lowest BCUT2D eigenvalue weighted by molar-refractivity contribution is -0.138. The van der Waals surface area contributed by atoms with E-state index in [1.54, 1.807) is 17.0 Å². The van der Waals surface area contributed by atoms with Gasteiger partial charge in [0.2, 0.25) is 5.91 Å². The molecule has 4 rings (SSSR count). The van der Waals surface area contributed by atoms with Gasteiger partial charge in [-0.05, 0) is 31.4 Å². The number of piperazine rings is 1. The maximum Gasteiger partial charge on any atom is 0.289 e. The Hall–Kier alpha value is -1.87. The van der Waals surface area contributed by atoms with Gasteiger partial charge in [-0.3, -0.25) is 14.5 Å². The van der Waals surface area contributed by atoms with Crippen LogP contribution in [-0.2, 0) is 14.6 Å². The summed E-state index contributed by atoms with van der Waals surface area (Å²) >= 11 is 0. The maximum absolute atomic E-state index is 13.3. The van der Waals surface area contributed by atoms with Gasteiger partial charge in [-0.1, -0.05) is 19.3 Å². The van der Waals surface area contributed by atoms with Gasteiger partial charge in [0.15, 0.2) is 15.6 Å². The average molecular weight is 438 g/mol. The van der Waals surface area contributed by atoms with Crippen LogP contribution in [0.25, 0.3) is 0 Å². The lowest BCUT2D eigenvalue weighted by atomic mass is 9.92. The normalized spacial score (nSPS) is 25.3. The van der Waals surface area contributed by atoms with Crippen LogP contribution >= 0.6 is 0 Å². The van der Waals surface area contributed by atoms with Crippen molar-refractivity contribution in [3.05, 3.63) is 24.2 Å². The third-order valence-corrected chi connectivity index (χ3v) is 8.36. The summed E-state index contributed by atoms with van der Waals surface area (Å²) in [5.74, 6) is 0.536. The molecule has 30 heavy (non-hydrogen) atoms. The highest BCUT2D eigenvalue weighted by Crippen LogP contribution is 2.28. The van der Waals surface area contributed by atoms with Crippen molar-refractivity contribution >= 4 is 21.7 Å². The van der Waals surface area contributed by atoms with Gasteiger partial charge in [0, 0.05) is 38.3 Å². The van der Waals surface area contributed by atoms with Gasteiger partial charge in [-0.25, -0.2) is 8.42 Å². The molecule has 2 saturated heterocycles. The molecule has 1 aromatic rings. The first-order valence-corrected chi connectivity index (χ1v) is 12.8. The number of nitrogens with zero attached hydrogens (tertiary/aromatic N) is 3. The Bertz CT molecular complexity index is 840. The van der Waals surface area contributed by atoms with Crippen LogP contribution in [0.1, 0.15) is 49.1 Å². The Kier molecular flexibility index (Phi) is 6.48. The highest BCUT2D eigenvalue weighted by Gasteiger charge is 2.39. The van der Waals surface area contributed by atoms with E-state index in [0.29, 0.717) is 38.4 Å². The van der Waals surface area contributed by atoms with Crippen molar-refractivity contribution in [2.45, 2.75) is 50.6 Å². The minimum absolute atomic E-state index is 0.0369. The second-order valence-corrected chi connectivity index (χ2v) is 10.9. The molecule has 3 fully saturated rings. The average Bonchev–Trinajstić information content (AvgIpc) is 3.39. The van der Waals surface area contributed by atoms with Gasteiger partial charge < -0.3 is 14.2 Å². The van der Waals surface area contributed by atoms with E-state index < -0.39 is 9.84 Å². The summed E-state index contributed by atoms with van der Waals surface area (Å²) in [6, 6.07) is 3.33. The molecule has 1 aromatic heterocycles. The van der Waals surface area contributed by atoms with Crippen LogP contribution in [0, 0.1) is 0 Å². The van der Waals surface area contributed by atoms with Gasteiger partial charge >= 0.3 is 0 Å². The minimum atomic E-state index is -3.04. The predicted octanol–water partition coefficient (Wildman–Crippen LogP) is 1.39. The molecule has 1 unspecified atom stereocenters. The molecule has 1 aliphatic carbocycles. The number of rotatable bonds is 5. The first kappa shape index (κ1) is 21.4. The second-order valence-electron chi connectivity index (χ2n) is 8.70. The fourth-order valence-electron chi connectivity index (χ4n) is 5.00. The standard InChI is InChI=1S/C21H31N3O5S/c25-20(15-22-9-11-23(12-10-22)21(26)19-7-4-13-29-19)24(17-5-2-1-3-6-17)18-8-14-30(27,28)16-18/h4,7,13,17-18H,1-3,5-6,8-12,14-16H2. The van der Waals surface area contributed by atoms with Gasteiger partial charge in [0.05, 0.1) is 24.3 Å². The molecule has 3 heterocycles. The van der Waals surface area contributed by atoms with Crippen molar-refractivity contribution in [2.24, 2.45) is 0 Å². The van der Waals surface area contributed by atoms with Crippen LogP contribution in [0.4, 0.5) is 0 Å². The molecule has 2 aliphatic heterocycles. The topological polar surface area (TPSA) is 91.1 Å². The predicted molar refractivity (Wildman–Crippen MR) is 112 cm³/mol. The summed E-state index contributed by atoms with van der Waals surface area (Å²) in [5.41, 5.74) is 0. The molecule has 3 aliphatic rings. The second kappa shape index (κ2) is 9.09. The van der Waals surface area contributed by atoms with Crippen molar-refractivity contribution in [3.8, 4) is 0 Å². The molecule has 0 spiro atoms. The quantitative estimate of drug-likeness (QED) is 0.691. The van der Waals surface area contributed by atoms with Gasteiger partial charge in [-0.15, -0.1) is 0 Å². The Morgan fingerprint density at radius 2 is 1.77 bits per heavy atom. The summed E-state index contributed by atoms with van der Waals surface area (Å²) in [7, 11) is -3.04. The van der Waals surface area contributed by atoms with Crippen LogP contribution < -0.4 is 0 Å². The maximum atomic E-state index is 13.3. The summed E-state index contributed by atoms with van der Waals surface area (Å²) in [5, 5.41) is 0. The molecule has 0 radical (unpaired) electrons. The van der Waals surface area contributed by atoms with Crippen LogP contribution in [0.2, 0.25) is 0 Å². The van der Waals surface area contributed by atoms with Crippen molar-refractivity contribution in [3.63, 3.8) is 0 Å². The van der Waals surface area contributed by atoms with Crippen LogP contribution in [0.5, 0.6) is 0 Å². The molecule has 9 heteroatoms. The number of sulfone groups is 1. The number of amides is 2. The Labute approximate surface area is 178 Å². The smallest absolute Gasteiger partial charge is 0.289 e. The lowest BCUT2D eigenvalue weighted by Crippen LogP contribution is -2.55. The molecule has 0 bridgehead atoms. The van der Waals surface area contributed by atoms with Crippen LogP contribution in [0.3, 0.4) is 0 Å². The SMILES string of the molecule is O=C(c1ccco1)N1CCN(CC(=O)N(C2CCCCC2)C2CCS(=O)(=O)C2)CC1. The van der Waals surface area contributed by atoms with E-state index in [1.807, 2.05) is 4.90 Å². The Balaban J connectivity index is 1.36. The largest absolute Gasteiger partial charge is 0.459 e. The summed E-state index contributed by atoms with van der Waals surface area (Å²) < 4.78 is 29.3. The highest BCUT2D eigenvalue weighted by atomic mass is 32.2. The van der Waals surface area contributed by atoms with E-state index in [1.165, 1.54) is 12.7 Å². The molecule has 8 nitrogen and oxygen atoms in total. The number of carbonyl (C=O) groups excluding carboxylic acids is 2. The highest BCUT2D eigenvalue weighted by molar-refractivity contribution is 7.91. The third kappa shape index (κ3) is 4.88. The number of carbonyl (C=O) groups is 2. The van der Waals surface area contributed by atoms with E-state index >= 15 is 0 Å². The van der Waals surface area contributed by atoms with Gasteiger partial charge in [-0.2, -0.15) is 0 Å². The summed E-state index contributed by atoms with van der Waals surface area (Å²) in [6.45, 7) is 2.64. The first-order chi connectivity index (χ1) is 14.4. The molecular formula is C21H31N3O5S. The fraction of sp³-hybridized carbons (Fsp3) is 0.714. The Morgan fingerprint density at radius 3 is 2.37 bits per heavy atom. The zero-order valence-corrected chi connectivity index (χ0v) is 18.2. The molecule has 0 aromatic carbocycles. The molecule has 1 atom stereocenters. The number of hydrogen-bond acceptors (Lipinski definition) is 6. The number of furan rings is 1. The van der Waals surface area contributed by atoms with E-state index in [0.717, 1.165) is 25.7 Å². The van der Waals surface area contributed by atoms with Gasteiger partial charge in [0.1, 0.15) is 0 Å². The van der Waals surface area contributed by atoms with Crippen LogP contribution in [0.15, 0.2) is 22.8 Å². The molecule has 1 saturated carbocycles. The van der Waals surface area contributed by atoms with E-state index in [2.05, 4.69) is 4.90 Å². The van der Waals surface area contributed by atoms with Crippen LogP contribution in [-0.4, -0.2) is 91.2 Å². The molecule has 0 N–H and O–H groups in total. The first-order valence-electron chi connectivity index (χ1n) is 11.0.